The van der Waals surface area contributed by atoms with Gasteiger partial charge in [0.1, 0.15) is 0 Å². The summed E-state index contributed by atoms with van der Waals surface area (Å²) in [6, 6.07) is 5.77. The van der Waals surface area contributed by atoms with Crippen LogP contribution in [0.2, 0.25) is 0 Å². The number of pyridine rings is 1. The van der Waals surface area contributed by atoms with E-state index in [4.69, 9.17) is 0 Å². The molecule has 0 amide bonds. The van der Waals surface area contributed by atoms with Crippen molar-refractivity contribution in [3.8, 4) is 5.82 Å². The summed E-state index contributed by atoms with van der Waals surface area (Å²) in [7, 11) is -3.03. The largest absolute Gasteiger partial charge is 0.312 e. The Morgan fingerprint density at radius 1 is 1.29 bits per heavy atom. The lowest BCUT2D eigenvalue weighted by molar-refractivity contribution is 0.197. The van der Waals surface area contributed by atoms with Gasteiger partial charge in [-0.1, -0.05) is 6.07 Å². The molecule has 7 nitrogen and oxygen atoms in total. The third-order valence-corrected chi connectivity index (χ3v) is 5.67. The molecular weight excluding hydrogens is 326 g/mol. The highest BCUT2D eigenvalue weighted by Crippen LogP contribution is 2.19. The number of rotatable bonds is 6. The van der Waals surface area contributed by atoms with E-state index in [2.05, 4.69) is 15.4 Å². The number of sulfonamides is 1. The van der Waals surface area contributed by atoms with Crippen LogP contribution in [-0.2, 0) is 16.6 Å². The van der Waals surface area contributed by atoms with Crippen LogP contribution in [0.5, 0.6) is 0 Å². The molecule has 3 heterocycles. The van der Waals surface area contributed by atoms with E-state index in [0.29, 0.717) is 19.0 Å². The van der Waals surface area contributed by atoms with Crippen molar-refractivity contribution in [2.75, 3.05) is 25.9 Å². The van der Waals surface area contributed by atoms with E-state index >= 15 is 0 Å². The average molecular weight is 349 g/mol. The van der Waals surface area contributed by atoms with Crippen molar-refractivity contribution in [3.63, 3.8) is 0 Å². The molecule has 0 spiro atoms. The van der Waals surface area contributed by atoms with Crippen LogP contribution in [0.3, 0.4) is 0 Å². The summed E-state index contributed by atoms with van der Waals surface area (Å²) in [5.41, 5.74) is 3.22. The van der Waals surface area contributed by atoms with Crippen molar-refractivity contribution in [2.24, 2.45) is 5.92 Å². The van der Waals surface area contributed by atoms with Gasteiger partial charge in [-0.25, -0.2) is 22.4 Å². The van der Waals surface area contributed by atoms with E-state index in [0.717, 1.165) is 30.3 Å². The summed E-state index contributed by atoms with van der Waals surface area (Å²) in [6.07, 6.45) is 3.02. The second kappa shape index (κ2) is 6.62. The van der Waals surface area contributed by atoms with Gasteiger partial charge in [0.25, 0.3) is 0 Å². The zero-order valence-electron chi connectivity index (χ0n) is 14.2. The first-order chi connectivity index (χ1) is 11.4. The molecule has 0 saturated carbocycles. The van der Waals surface area contributed by atoms with Gasteiger partial charge in [0.2, 0.25) is 10.0 Å². The maximum absolute atomic E-state index is 11.4. The van der Waals surface area contributed by atoms with Crippen molar-refractivity contribution in [1.82, 2.24) is 24.4 Å². The molecule has 3 rings (SSSR count). The predicted octanol–water partition coefficient (Wildman–Crippen LogP) is 0.865. The Bertz CT molecular complexity index is 810. The van der Waals surface area contributed by atoms with Crippen LogP contribution in [0.25, 0.3) is 5.82 Å². The molecule has 1 saturated heterocycles. The number of hydrogen-bond acceptors (Lipinski definition) is 5. The maximum Gasteiger partial charge on any atom is 0.211 e. The molecule has 0 aliphatic carbocycles. The monoisotopic (exact) mass is 349 g/mol. The Hall–Kier alpha value is -1.77. The van der Waals surface area contributed by atoms with Gasteiger partial charge < -0.3 is 5.32 Å². The number of nitrogens with one attached hydrogen (secondary N) is 1. The first kappa shape index (κ1) is 17.1. The lowest BCUT2D eigenvalue weighted by atomic mass is 10.0. The van der Waals surface area contributed by atoms with Gasteiger partial charge in [-0.2, -0.15) is 5.10 Å². The number of nitrogens with zero attached hydrogens (tertiary/aromatic N) is 4. The van der Waals surface area contributed by atoms with Crippen molar-refractivity contribution < 1.29 is 8.42 Å². The van der Waals surface area contributed by atoms with E-state index < -0.39 is 10.0 Å². The summed E-state index contributed by atoms with van der Waals surface area (Å²) >= 11 is 0. The summed E-state index contributed by atoms with van der Waals surface area (Å²) in [5, 5.41) is 8.01. The third-order valence-electron chi connectivity index (χ3n) is 4.43. The third kappa shape index (κ3) is 3.50. The van der Waals surface area contributed by atoms with Gasteiger partial charge in [-0.3, -0.25) is 0 Å². The zero-order valence-corrected chi connectivity index (χ0v) is 15.0. The van der Waals surface area contributed by atoms with Gasteiger partial charge >= 0.3 is 0 Å². The van der Waals surface area contributed by atoms with Crippen LogP contribution in [0.15, 0.2) is 24.4 Å². The normalized spacial score (nSPS) is 16.3. The second-order valence-electron chi connectivity index (χ2n) is 6.33. The lowest BCUT2D eigenvalue weighted by Crippen LogP contribution is -2.52. The molecule has 1 N–H and O–H groups in total. The molecule has 1 aliphatic heterocycles. The van der Waals surface area contributed by atoms with Gasteiger partial charge in [-0.05, 0) is 31.9 Å². The summed E-state index contributed by atoms with van der Waals surface area (Å²) < 4.78 is 26.1. The first-order valence-electron chi connectivity index (χ1n) is 7.98. The van der Waals surface area contributed by atoms with Crippen LogP contribution in [0.4, 0.5) is 0 Å². The first-order valence-corrected chi connectivity index (χ1v) is 9.83. The molecule has 2 aromatic rings. The number of aromatic nitrogens is 3. The molecule has 130 valence electrons. The van der Waals surface area contributed by atoms with E-state index in [9.17, 15) is 8.42 Å². The van der Waals surface area contributed by atoms with Crippen molar-refractivity contribution in [3.05, 3.63) is 41.3 Å². The fourth-order valence-corrected chi connectivity index (χ4v) is 3.92. The van der Waals surface area contributed by atoms with Crippen LogP contribution >= 0.6 is 0 Å². The zero-order chi connectivity index (χ0) is 17.3. The van der Waals surface area contributed by atoms with Crippen LogP contribution in [-0.4, -0.2) is 53.4 Å². The van der Waals surface area contributed by atoms with Crippen molar-refractivity contribution in [1.29, 1.82) is 0 Å². The van der Waals surface area contributed by atoms with Gasteiger partial charge in [-0.15, -0.1) is 0 Å². The minimum Gasteiger partial charge on any atom is -0.312 e. The molecule has 2 aromatic heterocycles. The summed E-state index contributed by atoms with van der Waals surface area (Å²) in [6.45, 7) is 6.78. The summed E-state index contributed by atoms with van der Waals surface area (Å²) in [4.78, 5) is 4.34. The molecule has 1 aliphatic rings. The highest BCUT2D eigenvalue weighted by Gasteiger charge is 2.32. The maximum atomic E-state index is 11.4. The number of hydrogen-bond donors (Lipinski definition) is 1. The molecule has 0 radical (unpaired) electrons. The second-order valence-corrected chi connectivity index (χ2v) is 8.31. The highest BCUT2D eigenvalue weighted by molar-refractivity contribution is 7.88. The minimum atomic E-state index is -3.03. The Kier molecular flexibility index (Phi) is 4.71. The fraction of sp³-hybridized carbons (Fsp3) is 0.500. The SMILES string of the molecule is Cc1nn(-c2ccccn2)c(C)c1CNCC1CN(S(C)(=O)=O)C1. The van der Waals surface area contributed by atoms with E-state index in [-0.39, 0.29) is 0 Å². The topological polar surface area (TPSA) is 80.1 Å². The smallest absolute Gasteiger partial charge is 0.211 e. The van der Waals surface area contributed by atoms with E-state index in [1.807, 2.05) is 36.7 Å². The van der Waals surface area contributed by atoms with Crippen LogP contribution < -0.4 is 5.32 Å². The van der Waals surface area contributed by atoms with E-state index in [1.165, 1.54) is 16.1 Å². The summed E-state index contributed by atoms with van der Waals surface area (Å²) in [5.74, 6) is 1.19. The quantitative estimate of drug-likeness (QED) is 0.837. The minimum absolute atomic E-state index is 0.381. The number of aryl methyl sites for hydroxylation is 1. The van der Waals surface area contributed by atoms with Crippen molar-refractivity contribution in [2.45, 2.75) is 20.4 Å². The molecular formula is C16H23N5O2S. The molecule has 0 unspecified atom stereocenters. The Morgan fingerprint density at radius 2 is 2.04 bits per heavy atom. The predicted molar refractivity (Wildman–Crippen MR) is 92.4 cm³/mol. The van der Waals surface area contributed by atoms with E-state index in [1.54, 1.807) is 6.20 Å². The van der Waals surface area contributed by atoms with Gasteiger partial charge in [0.05, 0.1) is 11.9 Å². The Morgan fingerprint density at radius 3 is 2.67 bits per heavy atom. The fourth-order valence-electron chi connectivity index (χ4n) is 2.96. The molecule has 0 atom stereocenters. The Labute approximate surface area is 142 Å². The molecule has 1 fully saturated rings. The van der Waals surface area contributed by atoms with Gasteiger partial charge in [0, 0.05) is 43.6 Å². The highest BCUT2D eigenvalue weighted by atomic mass is 32.2. The standard InChI is InChI=1S/C16H23N5O2S/c1-12-15(9-17-8-14-10-20(11-14)24(3,22)23)13(2)21(19-12)16-6-4-5-7-18-16/h4-7,14,17H,8-11H2,1-3H3. The molecule has 24 heavy (non-hydrogen) atoms. The molecule has 0 bridgehead atoms. The Balaban J connectivity index is 1.58. The van der Waals surface area contributed by atoms with Gasteiger partial charge in [0.15, 0.2) is 5.82 Å². The lowest BCUT2D eigenvalue weighted by Gasteiger charge is -2.37. The van der Waals surface area contributed by atoms with Crippen LogP contribution in [0.1, 0.15) is 17.0 Å². The molecule has 8 heteroatoms. The van der Waals surface area contributed by atoms with Crippen LogP contribution in [0, 0.1) is 19.8 Å². The average Bonchev–Trinajstić information content (AvgIpc) is 2.76. The van der Waals surface area contributed by atoms with Crippen molar-refractivity contribution >= 4 is 10.0 Å². The molecule has 0 aromatic carbocycles.